The first-order valence-corrected chi connectivity index (χ1v) is 10.2. The Morgan fingerprint density at radius 3 is 3.04 bits per heavy atom. The molecule has 1 aliphatic rings. The van der Waals surface area contributed by atoms with E-state index in [-0.39, 0.29) is 28.3 Å². The van der Waals surface area contributed by atoms with Gasteiger partial charge in [0.05, 0.1) is 27.8 Å². The monoisotopic (exact) mass is 409 g/mol. The summed E-state index contributed by atoms with van der Waals surface area (Å²) >= 11 is 7.62. The highest BCUT2D eigenvalue weighted by atomic mass is 35.5. The number of aromatic nitrogens is 1. The number of thiazole rings is 1. The van der Waals surface area contributed by atoms with Gasteiger partial charge in [-0.3, -0.25) is 9.59 Å². The molecule has 0 saturated carbocycles. The highest BCUT2D eigenvalue weighted by Gasteiger charge is 2.28. The van der Waals surface area contributed by atoms with Crippen molar-refractivity contribution in [2.75, 3.05) is 13.1 Å². The molecule has 2 amide bonds. The van der Waals surface area contributed by atoms with Crippen LogP contribution in [0.5, 0.6) is 0 Å². The molecule has 1 aliphatic heterocycles. The molecular weight excluding hydrogens is 389 g/mol. The minimum atomic E-state index is -0.477. The molecule has 1 aromatic carbocycles. The van der Waals surface area contributed by atoms with Gasteiger partial charge in [-0.05, 0) is 31.0 Å². The lowest BCUT2D eigenvalue weighted by atomic mass is 9.98. The minimum Gasteiger partial charge on any atom is -0.350 e. The number of carbonyl (C=O) groups is 2. The fourth-order valence-corrected chi connectivity index (χ4v) is 4.25. The standard InChI is InChI=1S/C19H21ClFN3O2S/c1-2-17(25)22-9-14-11-27-18(23-14)12-4-3-7-24(10-12)19(26)15-8-13(21)5-6-16(15)20/h5-6,8,11-12H,2-4,7,9-10H2,1H3,(H,22,25). The summed E-state index contributed by atoms with van der Waals surface area (Å²) in [5, 5.41) is 5.97. The van der Waals surface area contributed by atoms with E-state index in [1.165, 1.54) is 18.2 Å². The predicted molar refractivity (Wildman–Crippen MR) is 104 cm³/mol. The Hall–Kier alpha value is -1.99. The van der Waals surface area contributed by atoms with Gasteiger partial charge < -0.3 is 10.2 Å². The normalized spacial score (nSPS) is 17.0. The van der Waals surface area contributed by atoms with E-state index in [2.05, 4.69) is 10.3 Å². The number of hydrogen-bond donors (Lipinski definition) is 1. The third-order valence-corrected chi connectivity index (χ3v) is 5.96. The zero-order chi connectivity index (χ0) is 19.4. The average Bonchev–Trinajstić information content (AvgIpc) is 3.16. The Morgan fingerprint density at radius 2 is 2.26 bits per heavy atom. The Bertz CT molecular complexity index is 842. The number of hydrogen-bond acceptors (Lipinski definition) is 4. The summed E-state index contributed by atoms with van der Waals surface area (Å²) in [6.45, 7) is 3.37. The molecule has 1 saturated heterocycles. The van der Waals surface area contributed by atoms with Crippen LogP contribution in [0.3, 0.4) is 0 Å². The van der Waals surface area contributed by atoms with Gasteiger partial charge >= 0.3 is 0 Å². The molecule has 2 aromatic rings. The quantitative estimate of drug-likeness (QED) is 0.812. The van der Waals surface area contributed by atoms with E-state index in [0.29, 0.717) is 26.1 Å². The van der Waals surface area contributed by atoms with Gasteiger partial charge in [0.25, 0.3) is 5.91 Å². The molecule has 2 heterocycles. The molecule has 1 aromatic heterocycles. The van der Waals surface area contributed by atoms with Gasteiger partial charge in [-0.15, -0.1) is 11.3 Å². The molecule has 1 N–H and O–H groups in total. The number of amides is 2. The molecule has 144 valence electrons. The molecule has 8 heteroatoms. The number of carbonyl (C=O) groups excluding carboxylic acids is 2. The van der Waals surface area contributed by atoms with Crippen LogP contribution < -0.4 is 5.32 Å². The van der Waals surface area contributed by atoms with Crippen molar-refractivity contribution in [3.8, 4) is 0 Å². The molecule has 1 atom stereocenters. The van der Waals surface area contributed by atoms with Crippen LogP contribution in [0.4, 0.5) is 4.39 Å². The summed E-state index contributed by atoms with van der Waals surface area (Å²) in [5.74, 6) is -0.604. The summed E-state index contributed by atoms with van der Waals surface area (Å²) in [5.41, 5.74) is 1.02. The van der Waals surface area contributed by atoms with Crippen LogP contribution in [-0.2, 0) is 11.3 Å². The van der Waals surface area contributed by atoms with Crippen LogP contribution in [0.1, 0.15) is 53.2 Å². The first-order valence-electron chi connectivity index (χ1n) is 8.93. The van der Waals surface area contributed by atoms with Crippen molar-refractivity contribution in [2.24, 2.45) is 0 Å². The maximum atomic E-state index is 13.5. The lowest BCUT2D eigenvalue weighted by molar-refractivity contribution is -0.120. The maximum absolute atomic E-state index is 13.5. The zero-order valence-corrected chi connectivity index (χ0v) is 16.6. The van der Waals surface area contributed by atoms with E-state index >= 15 is 0 Å². The molecule has 5 nitrogen and oxygen atoms in total. The van der Waals surface area contributed by atoms with Crippen molar-refractivity contribution >= 4 is 34.8 Å². The van der Waals surface area contributed by atoms with E-state index < -0.39 is 5.82 Å². The van der Waals surface area contributed by atoms with Gasteiger partial charge in [-0.1, -0.05) is 18.5 Å². The minimum absolute atomic E-state index is 0.00837. The van der Waals surface area contributed by atoms with Gasteiger partial charge in [-0.25, -0.2) is 9.37 Å². The van der Waals surface area contributed by atoms with E-state index in [0.717, 1.165) is 23.5 Å². The lowest BCUT2D eigenvalue weighted by Gasteiger charge is -2.32. The van der Waals surface area contributed by atoms with E-state index in [9.17, 15) is 14.0 Å². The molecule has 1 fully saturated rings. The Morgan fingerprint density at radius 1 is 1.44 bits per heavy atom. The van der Waals surface area contributed by atoms with Gasteiger partial charge in [0.1, 0.15) is 5.82 Å². The van der Waals surface area contributed by atoms with Crippen molar-refractivity contribution in [2.45, 2.75) is 38.6 Å². The Labute approximate surface area is 166 Å². The molecule has 27 heavy (non-hydrogen) atoms. The second-order valence-corrected chi connectivity index (χ2v) is 7.82. The molecular formula is C19H21ClFN3O2S. The van der Waals surface area contributed by atoms with Crippen molar-refractivity contribution in [3.63, 3.8) is 0 Å². The average molecular weight is 410 g/mol. The summed E-state index contributed by atoms with van der Waals surface area (Å²) in [4.78, 5) is 30.5. The largest absolute Gasteiger partial charge is 0.350 e. The Balaban J connectivity index is 1.67. The van der Waals surface area contributed by atoms with Crippen molar-refractivity contribution in [3.05, 3.63) is 50.7 Å². The lowest BCUT2D eigenvalue weighted by Crippen LogP contribution is -2.39. The second kappa shape index (κ2) is 8.80. The maximum Gasteiger partial charge on any atom is 0.255 e. The van der Waals surface area contributed by atoms with Gasteiger partial charge in [0, 0.05) is 30.8 Å². The third-order valence-electron chi connectivity index (χ3n) is 4.57. The highest BCUT2D eigenvalue weighted by molar-refractivity contribution is 7.09. The molecule has 3 rings (SSSR count). The van der Waals surface area contributed by atoms with Gasteiger partial charge in [0.15, 0.2) is 0 Å². The number of likely N-dealkylation sites (tertiary alicyclic amines) is 1. The van der Waals surface area contributed by atoms with Crippen LogP contribution in [-0.4, -0.2) is 34.8 Å². The zero-order valence-electron chi connectivity index (χ0n) is 15.0. The van der Waals surface area contributed by atoms with Crippen molar-refractivity contribution < 1.29 is 14.0 Å². The Kier molecular flexibility index (Phi) is 6.44. The van der Waals surface area contributed by atoms with E-state index in [1.807, 2.05) is 5.38 Å². The number of piperidine rings is 1. The smallest absolute Gasteiger partial charge is 0.255 e. The third kappa shape index (κ3) is 4.84. The van der Waals surface area contributed by atoms with E-state index in [4.69, 9.17) is 11.6 Å². The number of halogens is 2. The number of rotatable bonds is 5. The highest BCUT2D eigenvalue weighted by Crippen LogP contribution is 2.31. The number of nitrogens with one attached hydrogen (secondary N) is 1. The summed E-state index contributed by atoms with van der Waals surface area (Å²) in [6.07, 6.45) is 2.24. The molecule has 0 aliphatic carbocycles. The van der Waals surface area contributed by atoms with Crippen LogP contribution in [0.2, 0.25) is 5.02 Å². The van der Waals surface area contributed by atoms with E-state index in [1.54, 1.807) is 23.2 Å². The van der Waals surface area contributed by atoms with Crippen molar-refractivity contribution in [1.82, 2.24) is 15.2 Å². The molecule has 0 radical (unpaired) electrons. The molecule has 0 bridgehead atoms. The van der Waals surface area contributed by atoms with Crippen LogP contribution in [0.25, 0.3) is 0 Å². The first-order chi connectivity index (χ1) is 13.0. The SMILES string of the molecule is CCC(=O)NCc1csc(C2CCCN(C(=O)c3cc(F)ccc3Cl)C2)n1. The number of nitrogens with zero attached hydrogens (tertiary/aromatic N) is 2. The fourth-order valence-electron chi connectivity index (χ4n) is 3.10. The number of benzene rings is 1. The first kappa shape index (κ1) is 19.8. The van der Waals surface area contributed by atoms with Crippen molar-refractivity contribution in [1.29, 1.82) is 0 Å². The molecule has 0 spiro atoms. The fraction of sp³-hybridized carbons (Fsp3) is 0.421. The summed E-state index contributed by atoms with van der Waals surface area (Å²) in [6, 6.07) is 3.84. The van der Waals surface area contributed by atoms with Crippen LogP contribution in [0, 0.1) is 5.82 Å². The predicted octanol–water partition coefficient (Wildman–Crippen LogP) is 3.98. The topological polar surface area (TPSA) is 62.3 Å². The van der Waals surface area contributed by atoms with Gasteiger partial charge in [-0.2, -0.15) is 0 Å². The van der Waals surface area contributed by atoms with Crippen LogP contribution in [0.15, 0.2) is 23.6 Å². The van der Waals surface area contributed by atoms with Gasteiger partial charge in [0.2, 0.25) is 5.91 Å². The summed E-state index contributed by atoms with van der Waals surface area (Å²) < 4.78 is 13.5. The van der Waals surface area contributed by atoms with Crippen LogP contribution >= 0.6 is 22.9 Å². The second-order valence-electron chi connectivity index (χ2n) is 6.52. The molecule has 1 unspecified atom stereocenters. The summed E-state index contributed by atoms with van der Waals surface area (Å²) in [7, 11) is 0.